The summed E-state index contributed by atoms with van der Waals surface area (Å²) in [6.07, 6.45) is 0. The Bertz CT molecular complexity index is 6740. The second-order valence-electron chi connectivity index (χ2n) is 28.2. The molecule has 0 bridgehead atoms. The molecule has 0 fully saturated rings. The van der Waals surface area contributed by atoms with Crippen LogP contribution in [0.5, 0.6) is 0 Å². The fourth-order valence-electron chi connectivity index (χ4n) is 16.1. The van der Waals surface area contributed by atoms with Crippen molar-refractivity contribution in [1.82, 2.24) is 49.8 Å². The van der Waals surface area contributed by atoms with Gasteiger partial charge in [0.1, 0.15) is 0 Å². The molecular formula is C97H60N10. The second-order valence-corrected chi connectivity index (χ2v) is 28.2. The molecule has 0 N–H and O–H groups in total. The van der Waals surface area contributed by atoms with Crippen molar-refractivity contribution in [2.24, 2.45) is 0 Å². The SMILES string of the molecule is CC1(C)c2cc(-c3ccc4ccc5ccc(-c6cccc(-c7nc(-c8ccccc8)nc(-c8ccccc8)n7)c6)nc5c4n3)ccc2-c2ccc(-c3cc4ccc(-c5ccc6c7c(cccc57)-c5ccccc5-6)nc4c4nc(-c5ccc(-c6nc(-c7ccccc7)nc(-c7ccccc7)n6)cc5)ccc34)cc21. The van der Waals surface area contributed by atoms with Crippen molar-refractivity contribution in [2.45, 2.75) is 19.3 Å². The van der Waals surface area contributed by atoms with Gasteiger partial charge in [-0.3, -0.25) is 0 Å². The van der Waals surface area contributed by atoms with Crippen LogP contribution in [0, 0.1) is 0 Å². The summed E-state index contributed by atoms with van der Waals surface area (Å²) < 4.78 is 0. The minimum absolute atomic E-state index is 0.367. The summed E-state index contributed by atoms with van der Waals surface area (Å²) in [7, 11) is 0. The predicted molar refractivity (Wildman–Crippen MR) is 434 cm³/mol. The molecule has 0 spiro atoms. The molecule has 10 nitrogen and oxygen atoms in total. The molecular weight excluding hydrogens is 1310 g/mol. The number of nitrogens with zero attached hydrogens (tertiary/aromatic N) is 10. The van der Waals surface area contributed by atoms with E-state index in [2.05, 4.69) is 214 Å². The lowest BCUT2D eigenvalue weighted by Gasteiger charge is -2.23. The Kier molecular flexibility index (Phi) is 14.1. The lowest BCUT2D eigenvalue weighted by molar-refractivity contribution is 0.661. The topological polar surface area (TPSA) is 129 Å². The van der Waals surface area contributed by atoms with Gasteiger partial charge in [0.15, 0.2) is 34.9 Å². The molecule has 0 aliphatic heterocycles. The van der Waals surface area contributed by atoms with Crippen molar-refractivity contribution >= 4 is 54.4 Å². The van der Waals surface area contributed by atoms with Crippen LogP contribution >= 0.6 is 0 Å². The van der Waals surface area contributed by atoms with E-state index in [0.717, 1.165) is 133 Å². The molecule has 0 atom stereocenters. The van der Waals surface area contributed by atoms with E-state index >= 15 is 0 Å². The third kappa shape index (κ3) is 10.4. The van der Waals surface area contributed by atoms with E-state index in [1.807, 2.05) is 127 Å². The average Bonchev–Trinajstić information content (AvgIpc) is 1.62. The molecule has 0 saturated carbocycles. The zero-order chi connectivity index (χ0) is 70.8. The van der Waals surface area contributed by atoms with Gasteiger partial charge in [0.05, 0.1) is 44.8 Å². The van der Waals surface area contributed by atoms with Crippen LogP contribution in [-0.2, 0) is 5.41 Å². The first kappa shape index (κ1) is 61.4. The summed E-state index contributed by atoms with van der Waals surface area (Å²) in [4.78, 5) is 52.3. The summed E-state index contributed by atoms with van der Waals surface area (Å²) in [5, 5.41) is 6.49. The maximum absolute atomic E-state index is 5.67. The number of hydrogen-bond donors (Lipinski definition) is 0. The smallest absolute Gasteiger partial charge is 0.164 e. The molecule has 2 aliphatic carbocycles. The van der Waals surface area contributed by atoms with Crippen molar-refractivity contribution in [3.63, 3.8) is 0 Å². The zero-order valence-corrected chi connectivity index (χ0v) is 58.1. The van der Waals surface area contributed by atoms with E-state index in [9.17, 15) is 0 Å². The number of fused-ring (bicyclic) bond motifs is 12. The molecule has 498 valence electrons. The molecule has 2 aliphatic rings. The van der Waals surface area contributed by atoms with Gasteiger partial charge >= 0.3 is 0 Å². The van der Waals surface area contributed by atoms with Gasteiger partial charge in [-0.2, -0.15) is 0 Å². The molecule has 10 heteroatoms. The third-order valence-electron chi connectivity index (χ3n) is 21.5. The largest absolute Gasteiger partial charge is 0.245 e. The highest BCUT2D eigenvalue weighted by Gasteiger charge is 2.36. The average molecular weight is 1370 g/mol. The van der Waals surface area contributed by atoms with Gasteiger partial charge in [-0.25, -0.2) is 49.8 Å². The van der Waals surface area contributed by atoms with Crippen LogP contribution in [-0.4, -0.2) is 49.8 Å². The van der Waals surface area contributed by atoms with Crippen LogP contribution in [0.25, 0.3) is 212 Å². The van der Waals surface area contributed by atoms with Crippen LogP contribution in [0.15, 0.2) is 328 Å². The zero-order valence-electron chi connectivity index (χ0n) is 58.1. The van der Waals surface area contributed by atoms with Crippen LogP contribution < -0.4 is 0 Å². The highest BCUT2D eigenvalue weighted by Crippen LogP contribution is 2.53. The quantitative estimate of drug-likeness (QED) is 0.115. The van der Waals surface area contributed by atoms with Gasteiger partial charge in [-0.1, -0.05) is 287 Å². The minimum atomic E-state index is -0.367. The molecule has 0 unspecified atom stereocenters. The van der Waals surface area contributed by atoms with E-state index in [1.54, 1.807) is 0 Å². The van der Waals surface area contributed by atoms with E-state index in [1.165, 1.54) is 55.3 Å². The number of rotatable bonds is 11. The van der Waals surface area contributed by atoms with Gasteiger partial charge in [-0.15, -0.1) is 0 Å². The fourth-order valence-corrected chi connectivity index (χ4v) is 16.1. The van der Waals surface area contributed by atoms with E-state index < -0.39 is 0 Å². The highest BCUT2D eigenvalue weighted by atomic mass is 15.0. The monoisotopic (exact) mass is 1360 g/mol. The summed E-state index contributed by atoms with van der Waals surface area (Å²) in [6.45, 7) is 4.71. The van der Waals surface area contributed by atoms with E-state index in [0.29, 0.717) is 34.9 Å². The lowest BCUT2D eigenvalue weighted by atomic mass is 9.80. The standard InChI is InChI=1S/C97H60N10/c1-97(2)80-55-65(39-44-72(80)73-45-40-67(56-81(73)97)84-50-42-59-36-35-58-41-49-83(98-87(58)88(59)99-84)66-27-17-28-69(53-66)96-106-93(62-23-11-5-12-24-62)103-94(107-96)63-25-13-6-14-26-63)79-54-68-43-51-85(74-46-47-77-71-30-16-15-29-70(71)75-31-18-32-76(74)86(75)77)101-89(68)90-78(79)48-52-82(100-90)57-33-37-64(38-34-57)95-104-91(60-19-7-3-8-20-60)102-92(105-95)61-21-9-4-10-22-61/h3-56H,1-2H3. The van der Waals surface area contributed by atoms with Gasteiger partial charge in [0, 0.05) is 82.6 Å². The number of hydrogen-bond acceptors (Lipinski definition) is 10. The summed E-state index contributed by atoms with van der Waals surface area (Å²) in [5.74, 6) is 3.64. The van der Waals surface area contributed by atoms with Crippen molar-refractivity contribution in [3.8, 4) is 158 Å². The summed E-state index contributed by atoms with van der Waals surface area (Å²) >= 11 is 0. The van der Waals surface area contributed by atoms with Gasteiger partial charge in [0.25, 0.3) is 0 Å². The Hall–Kier alpha value is -14.2. The molecule has 13 aromatic carbocycles. The van der Waals surface area contributed by atoms with Crippen LogP contribution in [0.2, 0.25) is 0 Å². The molecule has 6 heterocycles. The summed E-state index contributed by atoms with van der Waals surface area (Å²) in [6, 6.07) is 115. The Morgan fingerprint density at radius 2 is 0.542 bits per heavy atom. The summed E-state index contributed by atoms with van der Waals surface area (Å²) in [5.41, 5.74) is 28.0. The molecule has 107 heavy (non-hydrogen) atoms. The minimum Gasteiger partial charge on any atom is -0.245 e. The number of benzene rings is 13. The Labute approximate surface area is 616 Å². The molecule has 0 saturated heterocycles. The van der Waals surface area contributed by atoms with Crippen molar-refractivity contribution in [1.29, 1.82) is 0 Å². The van der Waals surface area contributed by atoms with Gasteiger partial charge < -0.3 is 0 Å². The van der Waals surface area contributed by atoms with Crippen LogP contribution in [0.4, 0.5) is 0 Å². The first-order chi connectivity index (χ1) is 52.7. The van der Waals surface area contributed by atoms with Gasteiger partial charge in [-0.05, 0) is 121 Å². The molecule has 0 amide bonds. The predicted octanol–water partition coefficient (Wildman–Crippen LogP) is 23.7. The second kappa shape index (κ2) is 24.5. The van der Waals surface area contributed by atoms with Crippen LogP contribution in [0.3, 0.4) is 0 Å². The molecule has 6 aromatic heterocycles. The van der Waals surface area contributed by atoms with Crippen molar-refractivity contribution in [2.75, 3.05) is 0 Å². The fraction of sp³-hybridized carbons (Fsp3) is 0.0309. The Balaban J connectivity index is 0.638. The van der Waals surface area contributed by atoms with Crippen molar-refractivity contribution in [3.05, 3.63) is 339 Å². The first-order valence-electron chi connectivity index (χ1n) is 36.1. The highest BCUT2D eigenvalue weighted by molar-refractivity contribution is 6.19. The number of pyridine rings is 4. The maximum atomic E-state index is 5.67. The van der Waals surface area contributed by atoms with Crippen molar-refractivity contribution < 1.29 is 0 Å². The molecule has 21 rings (SSSR count). The first-order valence-corrected chi connectivity index (χ1v) is 36.1. The third-order valence-corrected chi connectivity index (χ3v) is 21.5. The lowest BCUT2D eigenvalue weighted by Crippen LogP contribution is -2.15. The van der Waals surface area contributed by atoms with Crippen LogP contribution in [0.1, 0.15) is 25.0 Å². The van der Waals surface area contributed by atoms with E-state index in [4.69, 9.17) is 49.8 Å². The molecule has 0 radical (unpaired) electrons. The normalized spacial score (nSPS) is 12.5. The maximum Gasteiger partial charge on any atom is 0.164 e. The Morgan fingerprint density at radius 3 is 1.11 bits per heavy atom. The Morgan fingerprint density at radius 1 is 0.187 bits per heavy atom. The molecule has 19 aromatic rings. The number of aromatic nitrogens is 10. The van der Waals surface area contributed by atoms with E-state index in [-0.39, 0.29) is 5.41 Å². The van der Waals surface area contributed by atoms with Gasteiger partial charge in [0.2, 0.25) is 0 Å².